The number of aryl methyl sites for hydroxylation is 1. The second-order valence-corrected chi connectivity index (χ2v) is 7.61. The van der Waals surface area contributed by atoms with Crippen LogP contribution in [0.4, 0.5) is 20.4 Å². The molecule has 0 radical (unpaired) electrons. The number of carbonyl (C=O) groups is 1. The van der Waals surface area contributed by atoms with Gasteiger partial charge in [0, 0.05) is 19.3 Å². The summed E-state index contributed by atoms with van der Waals surface area (Å²) < 4.78 is 41.0. The summed E-state index contributed by atoms with van der Waals surface area (Å²) in [4.78, 5) is 21.9. The van der Waals surface area contributed by atoms with E-state index in [0.29, 0.717) is 17.7 Å². The Morgan fingerprint density at radius 1 is 1.14 bits per heavy atom. The van der Waals surface area contributed by atoms with Crippen molar-refractivity contribution in [2.75, 3.05) is 38.7 Å². The van der Waals surface area contributed by atoms with Crippen LogP contribution in [-0.2, 0) is 24.4 Å². The average Bonchev–Trinajstić information content (AvgIpc) is 3.31. The number of aliphatic hydroxyl groups is 2. The van der Waals surface area contributed by atoms with Crippen molar-refractivity contribution in [3.05, 3.63) is 53.6 Å². The third kappa shape index (κ3) is 6.64. The van der Waals surface area contributed by atoms with Crippen molar-refractivity contribution < 1.29 is 33.3 Å². The lowest BCUT2D eigenvalue weighted by Crippen LogP contribution is -2.38. The molecule has 1 amide bonds. The molecular formula is C23H28F2N6O5. The number of hydrogen-bond donors (Lipinski definition) is 3. The number of anilines is 2. The predicted octanol–water partition coefficient (Wildman–Crippen LogP) is 1.66. The van der Waals surface area contributed by atoms with E-state index < -0.39 is 11.6 Å². The number of nitrogens with one attached hydrogen (secondary N) is 1. The SMILES string of the molecule is CCc1cc(OC)c(F)c(COc2cnc(Nc3cnn(CC(=O)N(CCO)CCO)c3)nc2)c1F. The molecule has 0 saturated heterocycles. The summed E-state index contributed by atoms with van der Waals surface area (Å²) in [5.41, 5.74) is 0.589. The first-order valence-corrected chi connectivity index (χ1v) is 11.2. The van der Waals surface area contributed by atoms with Gasteiger partial charge in [-0.15, -0.1) is 0 Å². The molecule has 194 valence electrons. The Hall–Kier alpha value is -3.84. The van der Waals surface area contributed by atoms with E-state index in [9.17, 15) is 13.6 Å². The van der Waals surface area contributed by atoms with Gasteiger partial charge in [-0.1, -0.05) is 6.92 Å². The maximum atomic E-state index is 14.6. The van der Waals surface area contributed by atoms with Gasteiger partial charge in [0.2, 0.25) is 11.9 Å². The van der Waals surface area contributed by atoms with Crippen molar-refractivity contribution in [3.8, 4) is 11.5 Å². The van der Waals surface area contributed by atoms with E-state index in [1.807, 2.05) is 0 Å². The van der Waals surface area contributed by atoms with Crippen molar-refractivity contribution in [3.63, 3.8) is 0 Å². The number of amides is 1. The summed E-state index contributed by atoms with van der Waals surface area (Å²) in [5, 5.41) is 25.1. The van der Waals surface area contributed by atoms with Crippen LogP contribution in [0.2, 0.25) is 0 Å². The van der Waals surface area contributed by atoms with Gasteiger partial charge in [0.05, 0.1) is 50.2 Å². The number of aliphatic hydroxyl groups excluding tert-OH is 2. The van der Waals surface area contributed by atoms with Crippen LogP contribution in [0.5, 0.6) is 11.5 Å². The van der Waals surface area contributed by atoms with Crippen molar-refractivity contribution in [2.24, 2.45) is 0 Å². The first kappa shape index (κ1) is 26.8. The molecule has 2 aromatic heterocycles. The number of hydrogen-bond acceptors (Lipinski definition) is 9. The topological polar surface area (TPSA) is 135 Å². The van der Waals surface area contributed by atoms with Gasteiger partial charge in [-0.25, -0.2) is 18.7 Å². The summed E-state index contributed by atoms with van der Waals surface area (Å²) in [6.07, 6.45) is 6.11. The molecular weight excluding hydrogens is 478 g/mol. The van der Waals surface area contributed by atoms with E-state index >= 15 is 0 Å². The second-order valence-electron chi connectivity index (χ2n) is 7.61. The highest BCUT2D eigenvalue weighted by atomic mass is 19.1. The molecule has 0 aliphatic heterocycles. The van der Waals surface area contributed by atoms with Gasteiger partial charge in [-0.2, -0.15) is 5.10 Å². The third-order valence-electron chi connectivity index (χ3n) is 5.22. The van der Waals surface area contributed by atoms with E-state index in [0.717, 1.165) is 0 Å². The number of benzene rings is 1. The smallest absolute Gasteiger partial charge is 0.244 e. The Kier molecular flexibility index (Phi) is 9.47. The minimum absolute atomic E-state index is 0.0561. The van der Waals surface area contributed by atoms with Crippen molar-refractivity contribution >= 4 is 17.5 Å². The van der Waals surface area contributed by atoms with Gasteiger partial charge >= 0.3 is 0 Å². The van der Waals surface area contributed by atoms with Crippen LogP contribution in [0.3, 0.4) is 0 Å². The standard InChI is InChI=1S/C23H28F2N6O5/c1-3-15-8-19(35-2)22(25)18(21(15)24)14-36-17-10-26-23(27-11-17)29-16-9-28-31(12-16)13-20(34)30(4-6-32)5-7-33/h8-12,32-33H,3-7,13-14H2,1-2H3,(H,26,27,29). The summed E-state index contributed by atoms with van der Waals surface area (Å²) in [6.45, 7) is 1.12. The number of methoxy groups -OCH3 is 1. The highest BCUT2D eigenvalue weighted by Crippen LogP contribution is 2.28. The molecule has 0 aliphatic carbocycles. The molecule has 3 rings (SSSR count). The van der Waals surface area contributed by atoms with Gasteiger partial charge in [0.15, 0.2) is 17.3 Å². The van der Waals surface area contributed by atoms with Crippen molar-refractivity contribution in [2.45, 2.75) is 26.5 Å². The van der Waals surface area contributed by atoms with E-state index in [-0.39, 0.29) is 68.4 Å². The minimum Gasteiger partial charge on any atom is -0.494 e. The van der Waals surface area contributed by atoms with E-state index in [2.05, 4.69) is 20.4 Å². The molecule has 0 aliphatic rings. The fraction of sp³-hybridized carbons (Fsp3) is 0.391. The van der Waals surface area contributed by atoms with Crippen LogP contribution < -0.4 is 14.8 Å². The Morgan fingerprint density at radius 3 is 2.44 bits per heavy atom. The Morgan fingerprint density at radius 2 is 1.83 bits per heavy atom. The van der Waals surface area contributed by atoms with Crippen LogP contribution in [-0.4, -0.2) is 74.2 Å². The average molecular weight is 507 g/mol. The first-order valence-electron chi connectivity index (χ1n) is 11.2. The highest BCUT2D eigenvalue weighted by Gasteiger charge is 2.19. The number of ether oxygens (including phenoxy) is 2. The fourth-order valence-electron chi connectivity index (χ4n) is 3.35. The lowest BCUT2D eigenvalue weighted by Gasteiger charge is -2.20. The lowest BCUT2D eigenvalue weighted by molar-refractivity contribution is -0.133. The number of nitrogens with zero attached hydrogens (tertiary/aromatic N) is 5. The molecule has 0 atom stereocenters. The van der Waals surface area contributed by atoms with Crippen LogP contribution in [0.1, 0.15) is 18.1 Å². The van der Waals surface area contributed by atoms with Gasteiger partial charge in [0.25, 0.3) is 0 Å². The molecule has 3 aromatic rings. The number of halogens is 2. The van der Waals surface area contributed by atoms with Crippen molar-refractivity contribution in [1.82, 2.24) is 24.6 Å². The quantitative estimate of drug-likeness (QED) is 0.316. The van der Waals surface area contributed by atoms with Gasteiger partial charge < -0.3 is 29.9 Å². The predicted molar refractivity (Wildman–Crippen MR) is 125 cm³/mol. The van der Waals surface area contributed by atoms with Crippen LogP contribution in [0.25, 0.3) is 0 Å². The molecule has 1 aromatic carbocycles. The molecule has 0 saturated carbocycles. The van der Waals surface area contributed by atoms with Crippen LogP contribution in [0, 0.1) is 11.6 Å². The maximum absolute atomic E-state index is 14.6. The zero-order chi connectivity index (χ0) is 26.1. The summed E-state index contributed by atoms with van der Waals surface area (Å²) in [6, 6.07) is 1.33. The number of carbonyl (C=O) groups excluding carboxylic acids is 1. The summed E-state index contributed by atoms with van der Waals surface area (Å²) in [5.74, 6) is -1.45. The highest BCUT2D eigenvalue weighted by molar-refractivity contribution is 5.76. The fourth-order valence-corrected chi connectivity index (χ4v) is 3.35. The zero-order valence-corrected chi connectivity index (χ0v) is 19.9. The molecule has 13 heteroatoms. The lowest BCUT2D eigenvalue weighted by atomic mass is 10.1. The Bertz CT molecular complexity index is 1120. The first-order chi connectivity index (χ1) is 17.4. The molecule has 0 fully saturated rings. The second kappa shape index (κ2) is 12.7. The Labute approximate surface area is 206 Å². The van der Waals surface area contributed by atoms with Crippen molar-refractivity contribution in [1.29, 1.82) is 0 Å². The Balaban J connectivity index is 1.60. The van der Waals surface area contributed by atoms with E-state index in [1.54, 1.807) is 13.1 Å². The number of rotatable bonds is 13. The van der Waals surface area contributed by atoms with Crippen LogP contribution >= 0.6 is 0 Å². The monoisotopic (exact) mass is 506 g/mol. The number of aromatic nitrogens is 4. The largest absolute Gasteiger partial charge is 0.494 e. The molecule has 2 heterocycles. The van der Waals surface area contributed by atoms with Gasteiger partial charge in [0.1, 0.15) is 19.0 Å². The van der Waals surface area contributed by atoms with Gasteiger partial charge in [-0.3, -0.25) is 9.48 Å². The molecule has 11 nitrogen and oxygen atoms in total. The minimum atomic E-state index is -0.822. The zero-order valence-electron chi connectivity index (χ0n) is 19.9. The molecule has 0 bridgehead atoms. The summed E-state index contributed by atoms with van der Waals surface area (Å²) >= 11 is 0. The van der Waals surface area contributed by atoms with Gasteiger partial charge in [-0.05, 0) is 18.1 Å². The normalized spacial score (nSPS) is 10.8. The van der Waals surface area contributed by atoms with E-state index in [4.69, 9.17) is 19.7 Å². The van der Waals surface area contributed by atoms with E-state index in [1.165, 1.54) is 41.3 Å². The van der Waals surface area contributed by atoms with Crippen LogP contribution in [0.15, 0.2) is 30.9 Å². The summed E-state index contributed by atoms with van der Waals surface area (Å²) in [7, 11) is 1.31. The molecule has 36 heavy (non-hydrogen) atoms. The molecule has 3 N–H and O–H groups in total. The third-order valence-corrected chi connectivity index (χ3v) is 5.22. The molecule has 0 spiro atoms. The molecule has 0 unspecified atom stereocenters. The maximum Gasteiger partial charge on any atom is 0.244 e.